The molecule has 0 aliphatic heterocycles. The van der Waals surface area contributed by atoms with E-state index in [2.05, 4.69) is 5.32 Å². The van der Waals surface area contributed by atoms with Crippen LogP contribution in [-0.4, -0.2) is 35.8 Å². The predicted molar refractivity (Wildman–Crippen MR) is 73.8 cm³/mol. The number of primary amides is 1. The second-order valence-corrected chi connectivity index (χ2v) is 5.19. The summed E-state index contributed by atoms with van der Waals surface area (Å²) in [5.41, 5.74) is 4.72. The summed E-state index contributed by atoms with van der Waals surface area (Å²) in [6, 6.07) is 9.30. The molecule has 1 amide bonds. The number of ether oxygens (including phenoxy) is 1. The van der Waals surface area contributed by atoms with Gasteiger partial charge in [0.1, 0.15) is 18.5 Å². The van der Waals surface area contributed by atoms with Gasteiger partial charge in [0.25, 0.3) is 0 Å². The van der Waals surface area contributed by atoms with Gasteiger partial charge in [0, 0.05) is 18.5 Å². The van der Waals surface area contributed by atoms with Gasteiger partial charge in [-0.2, -0.15) is 0 Å². The third-order valence-electron chi connectivity index (χ3n) is 2.62. The number of hydrogen-bond acceptors (Lipinski definition) is 4. The summed E-state index contributed by atoms with van der Waals surface area (Å²) < 4.78 is 5.43. The molecule has 1 aromatic carbocycles. The smallest absolute Gasteiger partial charge is 0.219 e. The van der Waals surface area contributed by atoms with Crippen LogP contribution in [0.5, 0.6) is 5.75 Å². The first-order valence-corrected chi connectivity index (χ1v) is 6.28. The lowest BCUT2D eigenvalue weighted by atomic mass is 10.0. The molecule has 0 saturated carbocycles. The van der Waals surface area contributed by atoms with E-state index in [1.807, 2.05) is 44.2 Å². The molecule has 0 aromatic heterocycles. The molecule has 19 heavy (non-hydrogen) atoms. The molecule has 106 valence electrons. The molecule has 0 saturated heterocycles. The Morgan fingerprint density at radius 2 is 2.05 bits per heavy atom. The largest absolute Gasteiger partial charge is 0.491 e. The fourth-order valence-electron chi connectivity index (χ4n) is 1.66. The molecule has 0 aliphatic carbocycles. The summed E-state index contributed by atoms with van der Waals surface area (Å²) in [6.45, 7) is 4.27. The Kier molecular flexibility index (Phi) is 5.79. The summed E-state index contributed by atoms with van der Waals surface area (Å²) in [4.78, 5) is 10.9. The van der Waals surface area contributed by atoms with E-state index in [4.69, 9.17) is 10.5 Å². The minimum atomic E-state index is -0.646. The molecule has 0 heterocycles. The number of rotatable bonds is 8. The Morgan fingerprint density at radius 3 is 2.63 bits per heavy atom. The topological polar surface area (TPSA) is 84.6 Å². The monoisotopic (exact) mass is 266 g/mol. The van der Waals surface area contributed by atoms with Crippen molar-refractivity contribution in [2.75, 3.05) is 13.2 Å². The maximum atomic E-state index is 10.9. The number of hydrogen-bond donors (Lipinski definition) is 3. The Bertz CT molecular complexity index is 393. The van der Waals surface area contributed by atoms with Gasteiger partial charge < -0.3 is 20.9 Å². The van der Waals surface area contributed by atoms with E-state index >= 15 is 0 Å². The Morgan fingerprint density at radius 1 is 1.42 bits per heavy atom. The van der Waals surface area contributed by atoms with Crippen molar-refractivity contribution in [1.82, 2.24) is 5.32 Å². The first-order chi connectivity index (χ1) is 8.89. The van der Waals surface area contributed by atoms with E-state index in [9.17, 15) is 9.90 Å². The van der Waals surface area contributed by atoms with Crippen molar-refractivity contribution in [2.45, 2.75) is 31.9 Å². The molecule has 1 aromatic rings. The van der Waals surface area contributed by atoms with Crippen molar-refractivity contribution in [3.05, 3.63) is 30.3 Å². The van der Waals surface area contributed by atoms with Crippen molar-refractivity contribution in [3.8, 4) is 5.75 Å². The zero-order chi connectivity index (χ0) is 14.3. The quantitative estimate of drug-likeness (QED) is 0.645. The highest BCUT2D eigenvalue weighted by atomic mass is 16.5. The molecule has 0 spiro atoms. The maximum absolute atomic E-state index is 10.9. The highest BCUT2D eigenvalue weighted by Crippen LogP contribution is 2.09. The van der Waals surface area contributed by atoms with Crippen LogP contribution < -0.4 is 15.8 Å². The van der Waals surface area contributed by atoms with Gasteiger partial charge in [-0.15, -0.1) is 0 Å². The van der Waals surface area contributed by atoms with Gasteiger partial charge in [0.15, 0.2) is 0 Å². The van der Waals surface area contributed by atoms with Gasteiger partial charge in [-0.3, -0.25) is 4.79 Å². The molecular weight excluding hydrogens is 244 g/mol. The van der Waals surface area contributed by atoms with Crippen molar-refractivity contribution in [3.63, 3.8) is 0 Å². The fourth-order valence-corrected chi connectivity index (χ4v) is 1.66. The number of aliphatic hydroxyl groups is 1. The number of β-amino-alcohol motifs (C(OH)–C–C–N with tert-alkyl or cyclic N) is 1. The van der Waals surface area contributed by atoms with E-state index in [0.29, 0.717) is 6.54 Å². The van der Waals surface area contributed by atoms with E-state index in [1.165, 1.54) is 0 Å². The zero-order valence-corrected chi connectivity index (χ0v) is 11.4. The number of carbonyl (C=O) groups is 1. The predicted octanol–water partition coefficient (Wildman–Crippen LogP) is 0.670. The summed E-state index contributed by atoms with van der Waals surface area (Å²) in [7, 11) is 0. The molecule has 0 radical (unpaired) electrons. The standard InChI is InChI=1S/C14H22N2O3/c1-14(2,8-13(15)18)16-9-11(17)10-19-12-6-4-3-5-7-12/h3-7,11,16-17H,8-10H2,1-2H3,(H2,15,18). The lowest BCUT2D eigenvalue weighted by Gasteiger charge is -2.26. The lowest BCUT2D eigenvalue weighted by Crippen LogP contribution is -2.46. The zero-order valence-electron chi connectivity index (χ0n) is 11.4. The fraction of sp³-hybridized carbons (Fsp3) is 0.500. The first kappa shape index (κ1) is 15.5. The number of para-hydroxylation sites is 1. The van der Waals surface area contributed by atoms with Crippen LogP contribution in [0.4, 0.5) is 0 Å². The Hall–Kier alpha value is -1.59. The number of benzene rings is 1. The van der Waals surface area contributed by atoms with Crippen LogP contribution in [-0.2, 0) is 4.79 Å². The Balaban J connectivity index is 2.28. The van der Waals surface area contributed by atoms with Gasteiger partial charge in [0.05, 0.1) is 0 Å². The van der Waals surface area contributed by atoms with Gasteiger partial charge >= 0.3 is 0 Å². The number of aliphatic hydroxyl groups excluding tert-OH is 1. The SMILES string of the molecule is CC(C)(CC(N)=O)NCC(O)COc1ccccc1. The summed E-state index contributed by atoms with van der Waals surface area (Å²) in [5.74, 6) is 0.352. The molecule has 4 N–H and O–H groups in total. The van der Waals surface area contributed by atoms with Crippen LogP contribution in [0.3, 0.4) is 0 Å². The minimum Gasteiger partial charge on any atom is -0.491 e. The van der Waals surface area contributed by atoms with Crippen molar-refractivity contribution < 1.29 is 14.6 Å². The molecule has 0 aliphatic rings. The average Bonchev–Trinajstić information content (AvgIpc) is 2.34. The highest BCUT2D eigenvalue weighted by molar-refractivity contribution is 5.74. The van der Waals surface area contributed by atoms with Crippen LogP contribution in [0.15, 0.2) is 30.3 Å². The summed E-state index contributed by atoms with van der Waals surface area (Å²) in [6.07, 6.45) is -0.424. The second kappa shape index (κ2) is 7.11. The molecule has 0 fully saturated rings. The van der Waals surface area contributed by atoms with Crippen LogP contribution in [0.25, 0.3) is 0 Å². The van der Waals surface area contributed by atoms with Crippen LogP contribution >= 0.6 is 0 Å². The molecule has 0 bridgehead atoms. The Labute approximate surface area is 113 Å². The third kappa shape index (κ3) is 6.79. The number of carbonyl (C=O) groups excluding carboxylic acids is 1. The molecule has 1 rings (SSSR count). The van der Waals surface area contributed by atoms with Gasteiger partial charge in [-0.25, -0.2) is 0 Å². The first-order valence-electron chi connectivity index (χ1n) is 6.28. The van der Waals surface area contributed by atoms with Crippen LogP contribution in [0.1, 0.15) is 20.3 Å². The van der Waals surface area contributed by atoms with Crippen molar-refractivity contribution in [1.29, 1.82) is 0 Å². The number of nitrogens with two attached hydrogens (primary N) is 1. The third-order valence-corrected chi connectivity index (χ3v) is 2.62. The van der Waals surface area contributed by atoms with E-state index in [0.717, 1.165) is 5.75 Å². The molecule has 1 unspecified atom stereocenters. The van der Waals surface area contributed by atoms with Crippen LogP contribution in [0, 0.1) is 0 Å². The minimum absolute atomic E-state index is 0.198. The van der Waals surface area contributed by atoms with Crippen molar-refractivity contribution >= 4 is 5.91 Å². The molecule has 5 nitrogen and oxygen atoms in total. The van der Waals surface area contributed by atoms with Gasteiger partial charge in [-0.05, 0) is 26.0 Å². The molecule has 5 heteroatoms. The summed E-state index contributed by atoms with van der Waals surface area (Å²) in [5, 5.41) is 12.9. The number of nitrogens with one attached hydrogen (secondary N) is 1. The van der Waals surface area contributed by atoms with E-state index in [-0.39, 0.29) is 18.9 Å². The molecule has 1 atom stereocenters. The van der Waals surface area contributed by atoms with Gasteiger partial charge in [0.2, 0.25) is 5.91 Å². The lowest BCUT2D eigenvalue weighted by molar-refractivity contribution is -0.119. The number of amides is 1. The molecular formula is C14H22N2O3. The van der Waals surface area contributed by atoms with Gasteiger partial charge in [-0.1, -0.05) is 18.2 Å². The maximum Gasteiger partial charge on any atom is 0.219 e. The highest BCUT2D eigenvalue weighted by Gasteiger charge is 2.21. The average molecular weight is 266 g/mol. The van der Waals surface area contributed by atoms with E-state index < -0.39 is 11.6 Å². The second-order valence-electron chi connectivity index (χ2n) is 5.19. The summed E-state index contributed by atoms with van der Waals surface area (Å²) >= 11 is 0. The van der Waals surface area contributed by atoms with Crippen LogP contribution in [0.2, 0.25) is 0 Å². The van der Waals surface area contributed by atoms with Crippen molar-refractivity contribution in [2.24, 2.45) is 5.73 Å². The van der Waals surface area contributed by atoms with E-state index in [1.54, 1.807) is 0 Å². The normalized spacial score (nSPS) is 13.0.